The number of hydrogen-bond acceptors (Lipinski definition) is 7. The van der Waals surface area contributed by atoms with E-state index in [-0.39, 0.29) is 29.9 Å². The summed E-state index contributed by atoms with van der Waals surface area (Å²) in [6.45, 7) is 3.18. The number of para-hydroxylation sites is 1. The molecule has 0 bridgehead atoms. The normalized spacial score (nSPS) is 20.7. The molecule has 1 amide bonds. The Balaban J connectivity index is 1.19. The summed E-state index contributed by atoms with van der Waals surface area (Å²) in [5.41, 5.74) is 1.58. The van der Waals surface area contributed by atoms with Crippen molar-refractivity contribution in [3.8, 4) is 11.5 Å². The van der Waals surface area contributed by atoms with E-state index in [2.05, 4.69) is 20.3 Å². The van der Waals surface area contributed by atoms with Crippen LogP contribution in [0.4, 0.5) is 5.82 Å². The van der Waals surface area contributed by atoms with Gasteiger partial charge in [0.1, 0.15) is 29.3 Å². The summed E-state index contributed by atoms with van der Waals surface area (Å²) in [6, 6.07) is 16.6. The highest BCUT2D eigenvalue weighted by atomic mass is 16.6. The van der Waals surface area contributed by atoms with E-state index < -0.39 is 0 Å². The summed E-state index contributed by atoms with van der Waals surface area (Å²) in [7, 11) is 0. The van der Waals surface area contributed by atoms with E-state index in [1.54, 1.807) is 30.5 Å². The lowest BCUT2D eigenvalue weighted by molar-refractivity contribution is -0.133. The number of nitrogens with zero attached hydrogens (tertiary/aromatic N) is 3. The van der Waals surface area contributed by atoms with Crippen molar-refractivity contribution in [3.05, 3.63) is 78.2 Å². The van der Waals surface area contributed by atoms with Crippen LogP contribution in [0.2, 0.25) is 0 Å². The first-order chi connectivity index (χ1) is 18.1. The summed E-state index contributed by atoms with van der Waals surface area (Å²) >= 11 is 0. The number of rotatable bonds is 8. The van der Waals surface area contributed by atoms with Crippen molar-refractivity contribution in [2.75, 3.05) is 18.4 Å². The zero-order valence-corrected chi connectivity index (χ0v) is 20.4. The molecule has 3 atom stereocenters. The number of anilines is 1. The van der Waals surface area contributed by atoms with Crippen LogP contribution in [0.25, 0.3) is 11.0 Å². The molecule has 9 heteroatoms. The van der Waals surface area contributed by atoms with Crippen LogP contribution < -0.4 is 10.1 Å². The number of likely N-dealkylation sites (tertiary alicyclic amines) is 1. The molecule has 2 N–H and O–H groups in total. The Hall–Kier alpha value is -4.24. The molecule has 4 heterocycles. The Morgan fingerprint density at radius 3 is 2.62 bits per heavy atom. The first kappa shape index (κ1) is 23.2. The van der Waals surface area contributed by atoms with Gasteiger partial charge < -0.3 is 24.7 Å². The van der Waals surface area contributed by atoms with E-state index >= 15 is 0 Å². The van der Waals surface area contributed by atoms with Crippen molar-refractivity contribution < 1.29 is 19.1 Å². The molecule has 2 aliphatic rings. The number of ether oxygens (including phenoxy) is 2. The van der Waals surface area contributed by atoms with E-state index in [4.69, 9.17) is 9.47 Å². The molecule has 188 valence electrons. The second-order valence-electron chi connectivity index (χ2n) is 9.39. The van der Waals surface area contributed by atoms with E-state index in [0.29, 0.717) is 40.3 Å². The highest BCUT2D eigenvalue weighted by molar-refractivity contribution is 6.18. The molecular weight excluding hydrogens is 470 g/mol. The van der Waals surface area contributed by atoms with E-state index in [9.17, 15) is 9.59 Å². The standard InChI is InChI=1S/C28H27N5O4/c1-17-25(36-17)28(35)33-13-5-6-19(33)14-29-26-23-22(15-30-27(23)32-16-31-26)24(34)18-9-11-21(12-10-18)37-20-7-3-2-4-8-20/h2-4,7-12,15-17,19,25H,5-6,13-14H2,1H3,(H2,29,30,31,32). The number of benzene rings is 2. The van der Waals surface area contributed by atoms with Gasteiger partial charge in [0.15, 0.2) is 11.9 Å². The SMILES string of the molecule is CC1OC1C(=O)N1CCCC1CNc1ncnc2[nH]cc(C(=O)c3ccc(Oc4ccccc4)cc3)c12. The minimum Gasteiger partial charge on any atom is -0.457 e. The fraction of sp³-hybridized carbons (Fsp3) is 0.286. The van der Waals surface area contributed by atoms with Crippen molar-refractivity contribution in [2.24, 2.45) is 0 Å². The molecule has 37 heavy (non-hydrogen) atoms. The lowest BCUT2D eigenvalue weighted by Crippen LogP contribution is -2.42. The number of ketones is 1. The average Bonchev–Trinajstić information content (AvgIpc) is 3.29. The third-order valence-electron chi connectivity index (χ3n) is 6.93. The molecular formula is C28H27N5O4. The Morgan fingerprint density at radius 1 is 1.11 bits per heavy atom. The molecule has 6 rings (SSSR count). The van der Waals surface area contributed by atoms with Crippen molar-refractivity contribution in [1.82, 2.24) is 19.9 Å². The van der Waals surface area contributed by atoms with Crippen LogP contribution in [-0.2, 0) is 9.53 Å². The number of hydrogen-bond donors (Lipinski definition) is 2. The summed E-state index contributed by atoms with van der Waals surface area (Å²) in [4.78, 5) is 39.9. The molecule has 2 aliphatic heterocycles. The third kappa shape index (κ3) is 4.65. The Labute approximate surface area is 213 Å². The number of carbonyl (C=O) groups excluding carboxylic acids is 2. The second kappa shape index (κ2) is 9.67. The van der Waals surface area contributed by atoms with Crippen LogP contribution >= 0.6 is 0 Å². The topological polar surface area (TPSA) is 113 Å². The average molecular weight is 498 g/mol. The second-order valence-corrected chi connectivity index (χ2v) is 9.39. The Morgan fingerprint density at radius 2 is 1.86 bits per heavy atom. The van der Waals surface area contributed by atoms with Crippen molar-refractivity contribution in [1.29, 1.82) is 0 Å². The Bertz CT molecular complexity index is 1440. The molecule has 0 saturated carbocycles. The number of aromatic nitrogens is 3. The number of nitrogens with one attached hydrogen (secondary N) is 2. The van der Waals surface area contributed by atoms with Gasteiger partial charge in [-0.1, -0.05) is 18.2 Å². The van der Waals surface area contributed by atoms with Gasteiger partial charge in [0.25, 0.3) is 5.91 Å². The minimum absolute atomic E-state index is 0.00408. The fourth-order valence-electron chi connectivity index (χ4n) is 4.89. The van der Waals surface area contributed by atoms with Crippen LogP contribution in [0.5, 0.6) is 11.5 Å². The van der Waals surface area contributed by atoms with E-state index in [1.807, 2.05) is 42.2 Å². The fourth-order valence-corrected chi connectivity index (χ4v) is 4.89. The van der Waals surface area contributed by atoms with Crippen molar-refractivity contribution in [2.45, 2.75) is 38.0 Å². The molecule has 2 saturated heterocycles. The van der Waals surface area contributed by atoms with Crippen LogP contribution in [0.3, 0.4) is 0 Å². The quantitative estimate of drug-likeness (QED) is 0.277. The molecule has 0 spiro atoms. The van der Waals surface area contributed by atoms with Crippen LogP contribution in [0.1, 0.15) is 35.7 Å². The third-order valence-corrected chi connectivity index (χ3v) is 6.93. The highest BCUT2D eigenvalue weighted by Crippen LogP contribution is 2.30. The molecule has 2 fully saturated rings. The van der Waals surface area contributed by atoms with Gasteiger partial charge >= 0.3 is 0 Å². The van der Waals surface area contributed by atoms with Gasteiger partial charge in [-0.05, 0) is 56.2 Å². The molecule has 4 aromatic rings. The van der Waals surface area contributed by atoms with Crippen molar-refractivity contribution in [3.63, 3.8) is 0 Å². The summed E-state index contributed by atoms with van der Waals surface area (Å²) < 4.78 is 11.2. The molecule has 3 unspecified atom stereocenters. The van der Waals surface area contributed by atoms with Gasteiger partial charge in [-0.3, -0.25) is 9.59 Å². The lowest BCUT2D eigenvalue weighted by atomic mass is 10.0. The van der Waals surface area contributed by atoms with Gasteiger partial charge in [0, 0.05) is 30.9 Å². The summed E-state index contributed by atoms with van der Waals surface area (Å²) in [6.07, 6.45) is 4.67. The molecule has 2 aromatic carbocycles. The smallest absolute Gasteiger partial charge is 0.254 e. The predicted octanol–water partition coefficient (Wildman–Crippen LogP) is 4.17. The largest absolute Gasteiger partial charge is 0.457 e. The van der Waals surface area contributed by atoms with Gasteiger partial charge in [-0.25, -0.2) is 9.97 Å². The maximum Gasteiger partial charge on any atom is 0.254 e. The number of fused-ring (bicyclic) bond motifs is 1. The zero-order valence-electron chi connectivity index (χ0n) is 20.4. The number of amides is 1. The van der Waals surface area contributed by atoms with Gasteiger partial charge in [-0.2, -0.15) is 0 Å². The van der Waals surface area contributed by atoms with Crippen molar-refractivity contribution >= 4 is 28.5 Å². The lowest BCUT2D eigenvalue weighted by Gasteiger charge is -2.24. The van der Waals surface area contributed by atoms with E-state index in [1.165, 1.54) is 6.33 Å². The molecule has 9 nitrogen and oxygen atoms in total. The number of H-pyrrole nitrogens is 1. The van der Waals surface area contributed by atoms with Crippen LogP contribution in [-0.4, -0.2) is 62.9 Å². The molecule has 0 aliphatic carbocycles. The first-order valence-electron chi connectivity index (χ1n) is 12.5. The number of aromatic amines is 1. The minimum atomic E-state index is -0.315. The van der Waals surface area contributed by atoms with Gasteiger partial charge in [0.05, 0.1) is 17.1 Å². The highest BCUT2D eigenvalue weighted by Gasteiger charge is 2.45. The van der Waals surface area contributed by atoms with Crippen LogP contribution in [0.15, 0.2) is 67.1 Å². The van der Waals surface area contributed by atoms with Gasteiger partial charge in [-0.15, -0.1) is 0 Å². The number of carbonyl (C=O) groups is 2. The summed E-state index contributed by atoms with van der Waals surface area (Å²) in [5.74, 6) is 1.85. The number of epoxide rings is 1. The Kier molecular flexibility index (Phi) is 6.05. The monoisotopic (exact) mass is 497 g/mol. The van der Waals surface area contributed by atoms with E-state index in [0.717, 1.165) is 25.1 Å². The first-order valence-corrected chi connectivity index (χ1v) is 12.5. The maximum atomic E-state index is 13.4. The zero-order chi connectivity index (χ0) is 25.4. The van der Waals surface area contributed by atoms with Gasteiger partial charge in [0.2, 0.25) is 0 Å². The summed E-state index contributed by atoms with van der Waals surface area (Å²) in [5, 5.41) is 4.01. The maximum absolute atomic E-state index is 13.4. The predicted molar refractivity (Wildman–Crippen MR) is 138 cm³/mol. The molecule has 2 aromatic heterocycles. The molecule has 0 radical (unpaired) electrons. The van der Waals surface area contributed by atoms with Crippen LogP contribution in [0, 0.1) is 0 Å².